The highest BCUT2D eigenvalue weighted by atomic mass is 79.9. The van der Waals surface area contributed by atoms with Crippen molar-refractivity contribution in [3.8, 4) is 5.75 Å². The highest BCUT2D eigenvalue weighted by molar-refractivity contribution is 9.10. The van der Waals surface area contributed by atoms with Gasteiger partial charge in [-0.1, -0.05) is 18.2 Å². The SMILES string of the molecule is COc1cccc(COCc2ccc(F)c(Br)c2)c1. The van der Waals surface area contributed by atoms with Crippen molar-refractivity contribution in [1.82, 2.24) is 0 Å². The molecule has 100 valence electrons. The van der Waals surface area contributed by atoms with E-state index in [1.165, 1.54) is 6.07 Å². The molecule has 2 nitrogen and oxygen atoms in total. The summed E-state index contributed by atoms with van der Waals surface area (Å²) in [6.07, 6.45) is 0. The number of ether oxygens (including phenoxy) is 2. The van der Waals surface area contributed by atoms with Crippen molar-refractivity contribution in [3.05, 3.63) is 63.9 Å². The maximum Gasteiger partial charge on any atom is 0.137 e. The van der Waals surface area contributed by atoms with Crippen molar-refractivity contribution in [1.29, 1.82) is 0 Å². The molecule has 0 aliphatic rings. The van der Waals surface area contributed by atoms with Crippen LogP contribution in [0.2, 0.25) is 0 Å². The van der Waals surface area contributed by atoms with E-state index in [1.54, 1.807) is 19.2 Å². The molecule has 0 heterocycles. The molecule has 19 heavy (non-hydrogen) atoms. The quantitative estimate of drug-likeness (QED) is 0.815. The Morgan fingerprint density at radius 2 is 1.79 bits per heavy atom. The molecule has 0 spiro atoms. The highest BCUT2D eigenvalue weighted by Crippen LogP contribution is 2.18. The van der Waals surface area contributed by atoms with E-state index in [1.807, 2.05) is 24.3 Å². The van der Waals surface area contributed by atoms with Crippen LogP contribution in [0.5, 0.6) is 5.75 Å². The van der Waals surface area contributed by atoms with Gasteiger partial charge in [0.05, 0.1) is 24.8 Å². The van der Waals surface area contributed by atoms with Crippen molar-refractivity contribution in [2.75, 3.05) is 7.11 Å². The van der Waals surface area contributed by atoms with E-state index in [0.29, 0.717) is 17.7 Å². The second kappa shape index (κ2) is 6.68. The minimum absolute atomic E-state index is 0.267. The molecule has 0 saturated carbocycles. The van der Waals surface area contributed by atoms with Gasteiger partial charge >= 0.3 is 0 Å². The molecule has 2 rings (SSSR count). The smallest absolute Gasteiger partial charge is 0.137 e. The lowest BCUT2D eigenvalue weighted by Gasteiger charge is -2.07. The van der Waals surface area contributed by atoms with Crippen LogP contribution in [0.4, 0.5) is 4.39 Å². The highest BCUT2D eigenvalue weighted by Gasteiger charge is 2.01. The molecule has 0 aliphatic carbocycles. The summed E-state index contributed by atoms with van der Waals surface area (Å²) in [4.78, 5) is 0. The average Bonchev–Trinajstić information content (AvgIpc) is 2.43. The standard InChI is InChI=1S/C15H14BrFO2/c1-18-13-4-2-3-11(7-13)9-19-10-12-5-6-15(17)14(16)8-12/h2-8H,9-10H2,1H3. The van der Waals surface area contributed by atoms with Gasteiger partial charge in [0.15, 0.2) is 0 Å². The zero-order valence-electron chi connectivity index (χ0n) is 10.5. The zero-order valence-corrected chi connectivity index (χ0v) is 12.1. The minimum Gasteiger partial charge on any atom is -0.497 e. The first-order chi connectivity index (χ1) is 9.19. The summed E-state index contributed by atoms with van der Waals surface area (Å²) in [6, 6.07) is 12.6. The molecule has 0 aromatic heterocycles. The Morgan fingerprint density at radius 1 is 1.05 bits per heavy atom. The van der Waals surface area contributed by atoms with Gasteiger partial charge in [-0.25, -0.2) is 4.39 Å². The van der Waals surface area contributed by atoms with Crippen LogP contribution in [0.25, 0.3) is 0 Å². The average molecular weight is 325 g/mol. The van der Waals surface area contributed by atoms with Crippen LogP contribution in [-0.2, 0) is 18.0 Å². The van der Waals surface area contributed by atoms with Crippen LogP contribution in [0.15, 0.2) is 46.9 Å². The largest absolute Gasteiger partial charge is 0.497 e. The summed E-state index contributed by atoms with van der Waals surface area (Å²) >= 11 is 3.15. The molecule has 0 bridgehead atoms. The number of rotatable bonds is 5. The monoisotopic (exact) mass is 324 g/mol. The van der Waals surface area contributed by atoms with Crippen molar-refractivity contribution in [2.24, 2.45) is 0 Å². The third kappa shape index (κ3) is 4.04. The Morgan fingerprint density at radius 3 is 2.47 bits per heavy atom. The van der Waals surface area contributed by atoms with Gasteiger partial charge in [-0.05, 0) is 51.3 Å². The molecule has 0 amide bonds. The molecule has 2 aromatic carbocycles. The Kier molecular flexibility index (Phi) is 4.93. The van der Waals surface area contributed by atoms with Gasteiger partial charge in [0, 0.05) is 0 Å². The van der Waals surface area contributed by atoms with Crippen molar-refractivity contribution in [2.45, 2.75) is 13.2 Å². The van der Waals surface area contributed by atoms with Crippen LogP contribution in [0.3, 0.4) is 0 Å². The summed E-state index contributed by atoms with van der Waals surface area (Å²) in [5, 5.41) is 0. The molecule has 0 saturated heterocycles. The number of methoxy groups -OCH3 is 1. The first-order valence-electron chi connectivity index (χ1n) is 5.83. The fourth-order valence-corrected chi connectivity index (χ4v) is 2.10. The van der Waals surface area contributed by atoms with Crippen LogP contribution >= 0.6 is 15.9 Å². The Labute approximate surface area is 120 Å². The Balaban J connectivity index is 1.90. The van der Waals surface area contributed by atoms with Gasteiger partial charge in [0.1, 0.15) is 11.6 Å². The fraction of sp³-hybridized carbons (Fsp3) is 0.200. The van der Waals surface area contributed by atoms with Gasteiger partial charge in [-0.15, -0.1) is 0 Å². The summed E-state index contributed by atoms with van der Waals surface area (Å²) in [6.45, 7) is 0.933. The number of halogens is 2. The van der Waals surface area contributed by atoms with E-state index >= 15 is 0 Å². The summed E-state index contributed by atoms with van der Waals surface area (Å²) in [7, 11) is 1.63. The Hall–Kier alpha value is -1.39. The molecule has 0 N–H and O–H groups in total. The maximum absolute atomic E-state index is 13.1. The topological polar surface area (TPSA) is 18.5 Å². The van der Waals surface area contributed by atoms with Crippen LogP contribution in [0.1, 0.15) is 11.1 Å². The molecule has 0 atom stereocenters. The predicted molar refractivity (Wildman–Crippen MR) is 75.6 cm³/mol. The first kappa shape index (κ1) is 14.0. The van der Waals surface area contributed by atoms with E-state index in [2.05, 4.69) is 15.9 Å². The zero-order chi connectivity index (χ0) is 13.7. The van der Waals surface area contributed by atoms with Crippen LogP contribution in [-0.4, -0.2) is 7.11 Å². The second-order valence-electron chi connectivity index (χ2n) is 4.09. The predicted octanol–water partition coefficient (Wildman–Crippen LogP) is 4.31. The Bertz CT molecular complexity index is 558. The summed E-state index contributed by atoms with van der Waals surface area (Å²) < 4.78 is 24.3. The molecule has 0 fully saturated rings. The van der Waals surface area contributed by atoms with Crippen LogP contribution < -0.4 is 4.74 Å². The minimum atomic E-state index is -0.267. The molecule has 0 unspecified atom stereocenters. The van der Waals surface area contributed by atoms with Gasteiger partial charge in [0.25, 0.3) is 0 Å². The van der Waals surface area contributed by atoms with Crippen molar-refractivity contribution < 1.29 is 13.9 Å². The molecule has 0 radical (unpaired) electrons. The van der Waals surface area contributed by atoms with Crippen molar-refractivity contribution in [3.63, 3.8) is 0 Å². The third-order valence-electron chi connectivity index (χ3n) is 2.66. The molecule has 4 heteroatoms. The normalized spacial score (nSPS) is 10.5. The maximum atomic E-state index is 13.1. The summed E-state index contributed by atoms with van der Waals surface area (Å²) in [5.41, 5.74) is 1.97. The van der Waals surface area contributed by atoms with E-state index in [-0.39, 0.29) is 5.82 Å². The van der Waals surface area contributed by atoms with Gasteiger partial charge in [-0.3, -0.25) is 0 Å². The van der Waals surface area contributed by atoms with Crippen molar-refractivity contribution >= 4 is 15.9 Å². The third-order valence-corrected chi connectivity index (χ3v) is 3.26. The van der Waals surface area contributed by atoms with E-state index in [4.69, 9.17) is 9.47 Å². The first-order valence-corrected chi connectivity index (χ1v) is 6.63. The lowest BCUT2D eigenvalue weighted by atomic mass is 10.2. The molecular formula is C15H14BrFO2. The number of hydrogen-bond acceptors (Lipinski definition) is 2. The van der Waals surface area contributed by atoms with Gasteiger partial charge in [-0.2, -0.15) is 0 Å². The fourth-order valence-electron chi connectivity index (χ4n) is 1.68. The second-order valence-corrected chi connectivity index (χ2v) is 4.95. The lowest BCUT2D eigenvalue weighted by Crippen LogP contribution is -1.95. The van der Waals surface area contributed by atoms with Gasteiger partial charge < -0.3 is 9.47 Å². The molecular weight excluding hydrogens is 311 g/mol. The lowest BCUT2D eigenvalue weighted by molar-refractivity contribution is 0.107. The van der Waals surface area contributed by atoms with Gasteiger partial charge in [0.2, 0.25) is 0 Å². The molecule has 2 aromatic rings. The number of hydrogen-bond donors (Lipinski definition) is 0. The van der Waals surface area contributed by atoms with E-state index in [0.717, 1.165) is 16.9 Å². The van der Waals surface area contributed by atoms with E-state index in [9.17, 15) is 4.39 Å². The van der Waals surface area contributed by atoms with E-state index < -0.39 is 0 Å². The molecule has 0 aliphatic heterocycles. The number of benzene rings is 2. The van der Waals surface area contributed by atoms with Crippen LogP contribution in [0, 0.1) is 5.82 Å². The summed E-state index contributed by atoms with van der Waals surface area (Å²) in [5.74, 6) is 0.544.